The first-order valence-corrected chi connectivity index (χ1v) is 7.16. The first kappa shape index (κ1) is 15.7. The van der Waals surface area contributed by atoms with Gasteiger partial charge in [0, 0.05) is 37.5 Å². The van der Waals surface area contributed by atoms with Gasteiger partial charge in [0.15, 0.2) is 0 Å². The van der Waals surface area contributed by atoms with E-state index in [0.29, 0.717) is 31.1 Å². The predicted molar refractivity (Wildman–Crippen MR) is 79.6 cm³/mol. The first-order valence-electron chi connectivity index (χ1n) is 7.16. The topological polar surface area (TPSA) is 54.9 Å². The van der Waals surface area contributed by atoms with Crippen LogP contribution in [-0.4, -0.2) is 74.2 Å². The summed E-state index contributed by atoms with van der Waals surface area (Å²) >= 11 is 0. The van der Waals surface area contributed by atoms with Gasteiger partial charge in [-0.05, 0) is 26.6 Å². The summed E-state index contributed by atoms with van der Waals surface area (Å²) in [6.07, 6.45) is 2.63. The van der Waals surface area contributed by atoms with Crippen LogP contribution in [-0.2, 0) is 4.74 Å². The normalized spacial score (nSPS) is 18.9. The zero-order chi connectivity index (χ0) is 15.2. The average Bonchev–Trinajstić information content (AvgIpc) is 2.52. The van der Waals surface area contributed by atoms with Crippen molar-refractivity contribution < 1.29 is 14.3 Å². The van der Waals surface area contributed by atoms with E-state index >= 15 is 0 Å². The van der Waals surface area contributed by atoms with Gasteiger partial charge in [-0.1, -0.05) is 0 Å². The lowest BCUT2D eigenvalue weighted by Gasteiger charge is -2.33. The molecule has 0 aliphatic carbocycles. The zero-order valence-corrected chi connectivity index (χ0v) is 12.9. The van der Waals surface area contributed by atoms with Gasteiger partial charge in [0.25, 0.3) is 5.91 Å². The van der Waals surface area contributed by atoms with E-state index in [2.05, 4.69) is 9.88 Å². The molecule has 2 rings (SSSR count). The molecule has 0 radical (unpaired) electrons. The summed E-state index contributed by atoms with van der Waals surface area (Å²) in [4.78, 5) is 20.5. The number of amides is 1. The lowest BCUT2D eigenvalue weighted by Crippen LogP contribution is -2.46. The molecule has 2 heterocycles. The quantitative estimate of drug-likeness (QED) is 0.807. The van der Waals surface area contributed by atoms with Gasteiger partial charge >= 0.3 is 0 Å². The van der Waals surface area contributed by atoms with E-state index < -0.39 is 0 Å². The van der Waals surface area contributed by atoms with Crippen molar-refractivity contribution in [3.63, 3.8) is 0 Å². The van der Waals surface area contributed by atoms with Gasteiger partial charge < -0.3 is 19.3 Å². The number of rotatable bonds is 5. The number of pyridine rings is 1. The van der Waals surface area contributed by atoms with Crippen molar-refractivity contribution in [1.82, 2.24) is 14.8 Å². The summed E-state index contributed by atoms with van der Waals surface area (Å²) in [6, 6.07) is 3.39. The Labute approximate surface area is 125 Å². The van der Waals surface area contributed by atoms with E-state index in [1.807, 2.05) is 19.0 Å². The summed E-state index contributed by atoms with van der Waals surface area (Å²) < 4.78 is 10.8. The van der Waals surface area contributed by atoms with E-state index in [4.69, 9.17) is 9.47 Å². The van der Waals surface area contributed by atoms with Crippen LogP contribution in [0.2, 0.25) is 0 Å². The largest absolute Gasteiger partial charge is 0.481 e. The number of morpholine rings is 1. The smallest absolute Gasteiger partial charge is 0.254 e. The molecule has 0 N–H and O–H groups in total. The van der Waals surface area contributed by atoms with Gasteiger partial charge in [-0.15, -0.1) is 0 Å². The fourth-order valence-electron chi connectivity index (χ4n) is 2.32. The average molecular weight is 293 g/mol. The van der Waals surface area contributed by atoms with Gasteiger partial charge in [0.05, 0.1) is 19.8 Å². The van der Waals surface area contributed by atoms with Crippen molar-refractivity contribution in [2.45, 2.75) is 12.5 Å². The fourth-order valence-corrected chi connectivity index (χ4v) is 2.32. The van der Waals surface area contributed by atoms with Crippen molar-refractivity contribution in [2.24, 2.45) is 0 Å². The van der Waals surface area contributed by atoms with Gasteiger partial charge in [-0.2, -0.15) is 0 Å². The number of carbonyl (C=O) groups excluding carboxylic acids is 1. The van der Waals surface area contributed by atoms with Crippen LogP contribution < -0.4 is 4.74 Å². The Morgan fingerprint density at radius 1 is 1.57 bits per heavy atom. The summed E-state index contributed by atoms with van der Waals surface area (Å²) in [7, 11) is 5.62. The fraction of sp³-hybridized carbons (Fsp3) is 0.600. The minimum atomic E-state index is 0.00820. The van der Waals surface area contributed by atoms with Crippen LogP contribution in [0.15, 0.2) is 18.3 Å². The Kier molecular flexibility index (Phi) is 5.52. The van der Waals surface area contributed by atoms with Gasteiger partial charge in [0.1, 0.15) is 0 Å². The molecule has 0 bridgehead atoms. The van der Waals surface area contributed by atoms with Crippen LogP contribution >= 0.6 is 0 Å². The Hall–Kier alpha value is -1.66. The van der Waals surface area contributed by atoms with Gasteiger partial charge in [0.2, 0.25) is 5.88 Å². The zero-order valence-electron chi connectivity index (χ0n) is 12.9. The van der Waals surface area contributed by atoms with Crippen LogP contribution in [0.25, 0.3) is 0 Å². The van der Waals surface area contributed by atoms with Crippen molar-refractivity contribution in [1.29, 1.82) is 0 Å². The minimum Gasteiger partial charge on any atom is -0.481 e. The third kappa shape index (κ3) is 4.41. The van der Waals surface area contributed by atoms with Crippen LogP contribution in [0.5, 0.6) is 5.88 Å². The van der Waals surface area contributed by atoms with E-state index in [-0.39, 0.29) is 12.0 Å². The van der Waals surface area contributed by atoms with Gasteiger partial charge in [-0.3, -0.25) is 4.79 Å². The molecule has 0 aromatic carbocycles. The highest BCUT2D eigenvalue weighted by Crippen LogP contribution is 2.15. The second-order valence-electron chi connectivity index (χ2n) is 5.42. The molecule has 1 aromatic rings. The predicted octanol–water partition coefficient (Wildman–Crippen LogP) is 0.883. The maximum atomic E-state index is 12.5. The molecule has 1 aliphatic rings. The number of nitrogens with zero attached hydrogens (tertiary/aromatic N) is 3. The number of hydrogen-bond acceptors (Lipinski definition) is 5. The maximum Gasteiger partial charge on any atom is 0.254 e. The Morgan fingerprint density at radius 2 is 2.38 bits per heavy atom. The second kappa shape index (κ2) is 7.38. The van der Waals surface area contributed by atoms with E-state index in [9.17, 15) is 4.79 Å². The van der Waals surface area contributed by atoms with Crippen molar-refractivity contribution in [3.05, 3.63) is 23.9 Å². The molecule has 0 spiro atoms. The molecule has 0 unspecified atom stereocenters. The van der Waals surface area contributed by atoms with Crippen molar-refractivity contribution >= 4 is 5.91 Å². The van der Waals surface area contributed by atoms with E-state index in [1.54, 1.807) is 25.4 Å². The lowest BCUT2D eigenvalue weighted by atomic mass is 10.1. The number of ether oxygens (including phenoxy) is 2. The Morgan fingerprint density at radius 3 is 3.10 bits per heavy atom. The molecule has 6 heteroatoms. The number of carbonyl (C=O) groups is 1. The van der Waals surface area contributed by atoms with E-state index in [0.717, 1.165) is 13.0 Å². The molecular weight excluding hydrogens is 270 g/mol. The van der Waals surface area contributed by atoms with Crippen LogP contribution in [0.3, 0.4) is 0 Å². The molecule has 0 saturated carbocycles. The Balaban J connectivity index is 1.98. The van der Waals surface area contributed by atoms with E-state index in [1.165, 1.54) is 0 Å². The summed E-state index contributed by atoms with van der Waals surface area (Å²) in [5.41, 5.74) is 0.607. The number of hydrogen-bond donors (Lipinski definition) is 0. The number of aromatic nitrogens is 1. The molecule has 1 saturated heterocycles. The maximum absolute atomic E-state index is 12.5. The highest BCUT2D eigenvalue weighted by Gasteiger charge is 2.25. The molecule has 6 nitrogen and oxygen atoms in total. The first-order chi connectivity index (χ1) is 10.1. The summed E-state index contributed by atoms with van der Waals surface area (Å²) in [5.74, 6) is 0.465. The third-order valence-corrected chi connectivity index (χ3v) is 3.52. The lowest BCUT2D eigenvalue weighted by molar-refractivity contribution is -0.0269. The number of methoxy groups -OCH3 is 1. The second-order valence-corrected chi connectivity index (χ2v) is 5.42. The molecule has 1 atom stereocenters. The Bertz CT molecular complexity index is 479. The van der Waals surface area contributed by atoms with Crippen LogP contribution in [0.4, 0.5) is 0 Å². The molecular formula is C15H23N3O3. The third-order valence-electron chi connectivity index (χ3n) is 3.52. The van der Waals surface area contributed by atoms with Crippen molar-refractivity contribution in [2.75, 3.05) is 47.4 Å². The molecule has 1 amide bonds. The summed E-state index contributed by atoms with van der Waals surface area (Å²) in [5, 5.41) is 0. The monoisotopic (exact) mass is 293 g/mol. The van der Waals surface area contributed by atoms with Crippen LogP contribution in [0, 0.1) is 0 Å². The van der Waals surface area contributed by atoms with Gasteiger partial charge in [-0.25, -0.2) is 4.98 Å². The molecule has 1 aromatic heterocycles. The van der Waals surface area contributed by atoms with Crippen molar-refractivity contribution in [3.8, 4) is 5.88 Å². The standard InChI is InChI=1S/C15H23N3O3/c1-17(2)7-5-13-11-18(8-9-21-13)15(19)12-4-6-16-14(10-12)20-3/h4,6,10,13H,5,7-9,11H2,1-3H3/t13-/m1/s1. The van der Waals surface area contributed by atoms with Crippen LogP contribution in [0.1, 0.15) is 16.8 Å². The molecule has 116 valence electrons. The molecule has 1 aliphatic heterocycles. The molecule has 1 fully saturated rings. The summed E-state index contributed by atoms with van der Waals surface area (Å²) in [6.45, 7) is 2.81. The highest BCUT2D eigenvalue weighted by atomic mass is 16.5. The molecule has 21 heavy (non-hydrogen) atoms. The SMILES string of the molecule is COc1cc(C(=O)N2CCO[C@H](CCN(C)C)C2)ccn1. The highest BCUT2D eigenvalue weighted by molar-refractivity contribution is 5.94. The minimum absolute atomic E-state index is 0.00820.